The number of fused-ring (bicyclic) bond motifs is 1. The minimum atomic E-state index is -0.276. The third kappa shape index (κ3) is 2.85. The van der Waals surface area contributed by atoms with Crippen molar-refractivity contribution in [1.82, 2.24) is 14.9 Å². The van der Waals surface area contributed by atoms with E-state index in [1.165, 1.54) is 0 Å². The Morgan fingerprint density at radius 2 is 1.80 bits per heavy atom. The molecule has 1 N–H and O–H groups in total. The van der Waals surface area contributed by atoms with Crippen molar-refractivity contribution in [3.8, 4) is 0 Å². The molecule has 1 heterocycles. The van der Waals surface area contributed by atoms with Gasteiger partial charge in [-0.1, -0.05) is 43.2 Å². The molecule has 1 aliphatic rings. The monoisotopic (exact) mass is 337 g/mol. The molecule has 0 bridgehead atoms. The second-order valence-corrected chi connectivity index (χ2v) is 6.88. The lowest BCUT2D eigenvalue weighted by Gasteiger charge is -2.31. The highest BCUT2D eigenvalue weighted by Gasteiger charge is 2.37. The number of para-hydroxylation sites is 2. The van der Waals surface area contributed by atoms with E-state index in [1.54, 1.807) is 12.1 Å². The molecule has 0 amide bonds. The maximum Gasteiger partial charge on any atom is 0.128 e. The molecule has 130 valence electrons. The molecule has 0 aliphatic heterocycles. The van der Waals surface area contributed by atoms with E-state index in [0.29, 0.717) is 6.54 Å². The zero-order valence-electron chi connectivity index (χ0n) is 14.6. The summed E-state index contributed by atoms with van der Waals surface area (Å²) in [7, 11) is 0. The van der Waals surface area contributed by atoms with Crippen LogP contribution in [0.15, 0.2) is 48.5 Å². The fourth-order valence-corrected chi connectivity index (χ4v) is 4.23. The zero-order valence-corrected chi connectivity index (χ0v) is 14.6. The number of aromatic nitrogens is 2. The summed E-state index contributed by atoms with van der Waals surface area (Å²) >= 11 is 0. The molecule has 4 heteroatoms. The summed E-state index contributed by atoms with van der Waals surface area (Å²) in [6, 6.07) is 15.4. The lowest BCUT2D eigenvalue weighted by molar-refractivity contribution is 0.320. The van der Waals surface area contributed by atoms with Gasteiger partial charge in [-0.3, -0.25) is 0 Å². The number of imidazole rings is 1. The van der Waals surface area contributed by atoms with Crippen LogP contribution < -0.4 is 5.32 Å². The Labute approximate surface area is 147 Å². The van der Waals surface area contributed by atoms with Gasteiger partial charge in [0.05, 0.1) is 17.6 Å². The van der Waals surface area contributed by atoms with E-state index in [2.05, 4.69) is 22.9 Å². The molecule has 0 saturated heterocycles. The van der Waals surface area contributed by atoms with E-state index in [9.17, 15) is 4.39 Å². The third-order valence-corrected chi connectivity index (χ3v) is 5.48. The van der Waals surface area contributed by atoms with Gasteiger partial charge >= 0.3 is 0 Å². The van der Waals surface area contributed by atoms with Crippen LogP contribution in [0.2, 0.25) is 0 Å². The summed E-state index contributed by atoms with van der Waals surface area (Å²) < 4.78 is 16.7. The molecule has 25 heavy (non-hydrogen) atoms. The van der Waals surface area contributed by atoms with Crippen LogP contribution in [-0.4, -0.2) is 9.55 Å². The van der Waals surface area contributed by atoms with Crippen LogP contribution in [0.4, 0.5) is 4.39 Å². The molecular weight excluding hydrogens is 313 g/mol. The standard InChI is InChI=1S/C21H24FN3/c1-2-25-19-12-6-5-11-18(19)24-20(25)15-23-21(13-7-8-14-21)16-9-3-4-10-17(16)22/h3-6,9-12,23H,2,7-8,13-15H2,1H3. The van der Waals surface area contributed by atoms with Crippen LogP contribution in [0, 0.1) is 5.82 Å². The zero-order chi connectivity index (χ0) is 17.3. The number of nitrogens with one attached hydrogen (secondary N) is 1. The quantitative estimate of drug-likeness (QED) is 0.728. The van der Waals surface area contributed by atoms with Crippen LogP contribution in [0.3, 0.4) is 0 Å². The lowest BCUT2D eigenvalue weighted by Crippen LogP contribution is -2.40. The van der Waals surface area contributed by atoms with E-state index >= 15 is 0 Å². The van der Waals surface area contributed by atoms with E-state index in [-0.39, 0.29) is 11.4 Å². The van der Waals surface area contributed by atoms with E-state index in [0.717, 1.165) is 54.6 Å². The minimum Gasteiger partial charge on any atom is -0.327 e. The van der Waals surface area contributed by atoms with Crippen molar-refractivity contribution < 1.29 is 4.39 Å². The Hall–Kier alpha value is -2.20. The molecule has 0 atom stereocenters. The highest BCUT2D eigenvalue weighted by molar-refractivity contribution is 5.75. The second-order valence-electron chi connectivity index (χ2n) is 6.88. The first-order valence-corrected chi connectivity index (χ1v) is 9.18. The molecule has 1 aromatic heterocycles. The van der Waals surface area contributed by atoms with Crippen LogP contribution in [-0.2, 0) is 18.6 Å². The molecule has 1 aliphatic carbocycles. The Bertz CT molecular complexity index is 878. The number of aryl methyl sites for hydroxylation is 1. The molecule has 3 aromatic rings. The van der Waals surface area contributed by atoms with Crippen molar-refractivity contribution in [2.24, 2.45) is 0 Å². The minimum absolute atomic E-state index is 0.110. The summed E-state index contributed by atoms with van der Waals surface area (Å²) in [4.78, 5) is 4.80. The largest absolute Gasteiger partial charge is 0.327 e. The Balaban J connectivity index is 1.66. The van der Waals surface area contributed by atoms with Crippen LogP contribution in [0.5, 0.6) is 0 Å². The van der Waals surface area contributed by atoms with Gasteiger partial charge in [0.1, 0.15) is 11.6 Å². The van der Waals surface area contributed by atoms with Crippen molar-refractivity contribution in [1.29, 1.82) is 0 Å². The molecule has 1 fully saturated rings. The van der Waals surface area contributed by atoms with Gasteiger partial charge in [-0.15, -0.1) is 0 Å². The van der Waals surface area contributed by atoms with Gasteiger partial charge in [0.15, 0.2) is 0 Å². The first-order valence-electron chi connectivity index (χ1n) is 9.18. The SMILES string of the molecule is CCn1c(CNC2(c3ccccc3F)CCCC2)nc2ccccc21. The smallest absolute Gasteiger partial charge is 0.128 e. The van der Waals surface area contributed by atoms with Gasteiger partial charge in [0, 0.05) is 17.6 Å². The molecule has 0 spiro atoms. The second kappa shape index (κ2) is 6.60. The maximum absolute atomic E-state index is 14.5. The van der Waals surface area contributed by atoms with Crippen LogP contribution >= 0.6 is 0 Å². The summed E-state index contributed by atoms with van der Waals surface area (Å²) in [6.45, 7) is 3.67. The molecular formula is C21H24FN3. The number of nitrogens with zero attached hydrogens (tertiary/aromatic N) is 2. The van der Waals surface area contributed by atoms with Crippen molar-refractivity contribution in [2.45, 2.75) is 51.2 Å². The highest BCUT2D eigenvalue weighted by Crippen LogP contribution is 2.40. The van der Waals surface area contributed by atoms with Gasteiger partial charge in [-0.2, -0.15) is 0 Å². The van der Waals surface area contributed by atoms with Crippen molar-refractivity contribution >= 4 is 11.0 Å². The van der Waals surface area contributed by atoms with Gasteiger partial charge in [0.25, 0.3) is 0 Å². The van der Waals surface area contributed by atoms with Crippen LogP contribution in [0.25, 0.3) is 11.0 Å². The van der Waals surface area contributed by atoms with Crippen molar-refractivity contribution in [3.63, 3.8) is 0 Å². The average Bonchev–Trinajstić information content (AvgIpc) is 3.25. The summed E-state index contributed by atoms with van der Waals surface area (Å²) in [5.74, 6) is 0.909. The number of hydrogen-bond acceptors (Lipinski definition) is 2. The third-order valence-electron chi connectivity index (χ3n) is 5.48. The molecule has 4 rings (SSSR count). The summed E-state index contributed by atoms with van der Waals surface area (Å²) in [5, 5.41) is 3.68. The topological polar surface area (TPSA) is 29.9 Å². The van der Waals surface area contributed by atoms with Gasteiger partial charge in [-0.25, -0.2) is 9.37 Å². The van der Waals surface area contributed by atoms with E-state index < -0.39 is 0 Å². The Morgan fingerprint density at radius 3 is 2.56 bits per heavy atom. The first kappa shape index (κ1) is 16.3. The lowest BCUT2D eigenvalue weighted by atomic mass is 9.87. The summed E-state index contributed by atoms with van der Waals surface area (Å²) in [6.07, 6.45) is 4.21. The fraction of sp³-hybridized carbons (Fsp3) is 0.381. The maximum atomic E-state index is 14.5. The summed E-state index contributed by atoms with van der Waals surface area (Å²) in [5.41, 5.74) is 2.70. The predicted octanol–water partition coefficient (Wildman–Crippen LogP) is 4.75. The number of halogens is 1. The predicted molar refractivity (Wildman–Crippen MR) is 98.8 cm³/mol. The molecule has 0 unspecified atom stereocenters. The number of rotatable bonds is 5. The van der Waals surface area contributed by atoms with Gasteiger partial charge in [0.2, 0.25) is 0 Å². The normalized spacial score (nSPS) is 16.6. The van der Waals surface area contributed by atoms with E-state index in [4.69, 9.17) is 4.98 Å². The molecule has 1 saturated carbocycles. The van der Waals surface area contributed by atoms with Gasteiger partial charge < -0.3 is 9.88 Å². The van der Waals surface area contributed by atoms with Crippen molar-refractivity contribution in [2.75, 3.05) is 0 Å². The fourth-order valence-electron chi connectivity index (χ4n) is 4.23. The number of benzene rings is 2. The van der Waals surface area contributed by atoms with Crippen molar-refractivity contribution in [3.05, 3.63) is 65.7 Å². The highest BCUT2D eigenvalue weighted by atomic mass is 19.1. The Kier molecular flexibility index (Phi) is 4.30. The van der Waals surface area contributed by atoms with Crippen LogP contribution in [0.1, 0.15) is 44.0 Å². The van der Waals surface area contributed by atoms with E-state index in [1.807, 2.05) is 30.3 Å². The average molecular weight is 337 g/mol. The molecule has 2 aromatic carbocycles. The molecule has 0 radical (unpaired) electrons. The Morgan fingerprint density at radius 1 is 1.08 bits per heavy atom. The number of hydrogen-bond donors (Lipinski definition) is 1. The first-order chi connectivity index (χ1) is 12.2. The van der Waals surface area contributed by atoms with Gasteiger partial charge in [-0.05, 0) is 38.0 Å². The molecule has 3 nitrogen and oxygen atoms in total.